The molecule has 8 heteroatoms. The SMILES string of the molecule is CN(C)CCN1C2(CCN(C(=O)c3cccs3)C2)c2ccccc2S1(=O)=O. The summed E-state index contributed by atoms with van der Waals surface area (Å²) in [5.41, 5.74) is 0.156. The van der Waals surface area contributed by atoms with Gasteiger partial charge in [0, 0.05) is 26.2 Å². The number of benzene rings is 1. The summed E-state index contributed by atoms with van der Waals surface area (Å²) in [5.74, 6) is -0.0174. The quantitative estimate of drug-likeness (QED) is 0.781. The number of likely N-dealkylation sites (tertiary alicyclic amines) is 1. The van der Waals surface area contributed by atoms with Gasteiger partial charge in [-0.1, -0.05) is 24.3 Å². The molecule has 2 aliphatic rings. The lowest BCUT2D eigenvalue weighted by atomic mass is 9.89. The molecular formula is C19H23N3O3S2. The maximum absolute atomic E-state index is 13.3. The minimum absolute atomic E-state index is 0.0174. The molecule has 2 aromatic rings. The zero-order chi connectivity index (χ0) is 19.2. The monoisotopic (exact) mass is 405 g/mol. The van der Waals surface area contributed by atoms with Gasteiger partial charge in [0.05, 0.1) is 15.3 Å². The lowest BCUT2D eigenvalue weighted by Gasteiger charge is -2.34. The predicted octanol–water partition coefficient (Wildman–Crippen LogP) is 2.06. The number of amides is 1. The molecule has 0 aliphatic carbocycles. The van der Waals surface area contributed by atoms with E-state index in [4.69, 9.17) is 0 Å². The van der Waals surface area contributed by atoms with E-state index in [1.165, 1.54) is 11.3 Å². The first-order valence-electron chi connectivity index (χ1n) is 8.96. The summed E-state index contributed by atoms with van der Waals surface area (Å²) in [5, 5.41) is 1.89. The number of hydrogen-bond donors (Lipinski definition) is 0. The van der Waals surface area contributed by atoms with Crippen LogP contribution in [0, 0.1) is 0 Å². The molecule has 144 valence electrons. The first-order valence-corrected chi connectivity index (χ1v) is 11.3. The van der Waals surface area contributed by atoms with Crippen molar-refractivity contribution in [2.75, 3.05) is 40.3 Å². The molecule has 1 atom stereocenters. The largest absolute Gasteiger partial charge is 0.336 e. The van der Waals surface area contributed by atoms with Gasteiger partial charge in [-0.15, -0.1) is 11.3 Å². The molecule has 1 unspecified atom stereocenters. The second-order valence-corrected chi connectivity index (χ2v) is 10.1. The van der Waals surface area contributed by atoms with Crippen molar-refractivity contribution in [1.29, 1.82) is 0 Å². The van der Waals surface area contributed by atoms with E-state index in [9.17, 15) is 13.2 Å². The smallest absolute Gasteiger partial charge is 0.263 e. The number of likely N-dealkylation sites (N-methyl/N-ethyl adjacent to an activating group) is 1. The molecule has 0 saturated carbocycles. The van der Waals surface area contributed by atoms with Crippen LogP contribution in [0.5, 0.6) is 0 Å². The molecule has 1 fully saturated rings. The number of hydrogen-bond acceptors (Lipinski definition) is 5. The zero-order valence-electron chi connectivity index (χ0n) is 15.5. The van der Waals surface area contributed by atoms with E-state index in [1.807, 2.05) is 48.6 Å². The van der Waals surface area contributed by atoms with Gasteiger partial charge >= 0.3 is 0 Å². The second kappa shape index (κ2) is 6.70. The van der Waals surface area contributed by atoms with Gasteiger partial charge in [-0.3, -0.25) is 4.79 Å². The van der Waals surface area contributed by atoms with Crippen molar-refractivity contribution < 1.29 is 13.2 Å². The Morgan fingerprint density at radius 1 is 1.22 bits per heavy atom. The highest BCUT2D eigenvalue weighted by Gasteiger charge is 2.57. The summed E-state index contributed by atoms with van der Waals surface area (Å²) >= 11 is 1.42. The maximum atomic E-state index is 13.3. The van der Waals surface area contributed by atoms with Crippen LogP contribution in [-0.4, -0.2) is 68.7 Å². The molecule has 1 amide bonds. The van der Waals surface area contributed by atoms with E-state index in [1.54, 1.807) is 21.3 Å². The van der Waals surface area contributed by atoms with Gasteiger partial charge in [-0.05, 0) is 43.6 Å². The van der Waals surface area contributed by atoms with Crippen LogP contribution in [0.15, 0.2) is 46.7 Å². The number of sulfonamides is 1. The van der Waals surface area contributed by atoms with Crippen LogP contribution in [0.3, 0.4) is 0 Å². The van der Waals surface area contributed by atoms with Crippen molar-refractivity contribution in [1.82, 2.24) is 14.1 Å². The lowest BCUT2D eigenvalue weighted by Crippen LogP contribution is -2.48. The molecular weight excluding hydrogens is 382 g/mol. The molecule has 6 nitrogen and oxygen atoms in total. The third-order valence-corrected chi connectivity index (χ3v) is 8.33. The highest BCUT2D eigenvalue weighted by Crippen LogP contribution is 2.49. The molecule has 0 radical (unpaired) electrons. The molecule has 0 N–H and O–H groups in total. The van der Waals surface area contributed by atoms with Crippen molar-refractivity contribution in [2.24, 2.45) is 0 Å². The van der Waals surface area contributed by atoms with E-state index in [-0.39, 0.29) is 5.91 Å². The minimum Gasteiger partial charge on any atom is -0.336 e. The predicted molar refractivity (Wildman–Crippen MR) is 105 cm³/mol. The third-order valence-electron chi connectivity index (χ3n) is 5.45. The first-order chi connectivity index (χ1) is 12.9. The number of carbonyl (C=O) groups is 1. The molecule has 0 bridgehead atoms. The molecule has 3 heterocycles. The molecule has 2 aliphatic heterocycles. The van der Waals surface area contributed by atoms with Crippen molar-refractivity contribution >= 4 is 27.3 Å². The van der Waals surface area contributed by atoms with E-state index in [2.05, 4.69) is 0 Å². The minimum atomic E-state index is -3.57. The second-order valence-electron chi connectivity index (χ2n) is 7.36. The highest BCUT2D eigenvalue weighted by atomic mass is 32.2. The van der Waals surface area contributed by atoms with Gasteiger partial charge in [0.25, 0.3) is 5.91 Å². The van der Waals surface area contributed by atoms with Crippen molar-refractivity contribution in [3.05, 3.63) is 52.2 Å². The topological polar surface area (TPSA) is 60.9 Å². The molecule has 1 saturated heterocycles. The summed E-state index contributed by atoms with van der Waals surface area (Å²) in [6, 6.07) is 10.9. The van der Waals surface area contributed by atoms with Crippen LogP contribution in [-0.2, 0) is 15.6 Å². The summed E-state index contributed by atoms with van der Waals surface area (Å²) in [6.45, 7) is 1.99. The summed E-state index contributed by atoms with van der Waals surface area (Å²) in [4.78, 5) is 17.7. The van der Waals surface area contributed by atoms with Gasteiger partial charge in [-0.25, -0.2) is 8.42 Å². The fourth-order valence-corrected chi connectivity index (χ4v) is 6.87. The highest BCUT2D eigenvalue weighted by molar-refractivity contribution is 7.89. The van der Waals surface area contributed by atoms with E-state index < -0.39 is 15.6 Å². The number of nitrogens with zero attached hydrogens (tertiary/aromatic N) is 3. The van der Waals surface area contributed by atoms with Crippen LogP contribution >= 0.6 is 11.3 Å². The number of carbonyl (C=O) groups excluding carboxylic acids is 1. The number of rotatable bonds is 4. The fraction of sp³-hybridized carbons (Fsp3) is 0.421. The van der Waals surface area contributed by atoms with Crippen molar-refractivity contribution in [3.8, 4) is 0 Å². The van der Waals surface area contributed by atoms with Crippen LogP contribution in [0.1, 0.15) is 21.7 Å². The average molecular weight is 406 g/mol. The standard InChI is InChI=1S/C19H23N3O3S2/c1-20(2)11-12-22-19(15-6-3-4-8-17(15)27(22,24)25)9-10-21(14-19)18(23)16-7-5-13-26-16/h3-8,13H,9-12,14H2,1-2H3. The Balaban J connectivity index is 1.73. The van der Waals surface area contributed by atoms with Gasteiger partial charge in [0.1, 0.15) is 0 Å². The Morgan fingerprint density at radius 2 is 2.00 bits per heavy atom. The van der Waals surface area contributed by atoms with Gasteiger partial charge in [0.15, 0.2) is 0 Å². The van der Waals surface area contributed by atoms with Gasteiger partial charge < -0.3 is 9.80 Å². The Kier molecular flexibility index (Phi) is 4.62. The lowest BCUT2D eigenvalue weighted by molar-refractivity contribution is 0.0767. The van der Waals surface area contributed by atoms with Crippen molar-refractivity contribution in [3.63, 3.8) is 0 Å². The van der Waals surface area contributed by atoms with Crippen LogP contribution in [0.4, 0.5) is 0 Å². The Hall–Kier alpha value is -1.74. The van der Waals surface area contributed by atoms with Gasteiger partial charge in [-0.2, -0.15) is 4.31 Å². The number of fused-ring (bicyclic) bond motifs is 2. The fourth-order valence-electron chi connectivity index (χ4n) is 4.13. The van der Waals surface area contributed by atoms with E-state index >= 15 is 0 Å². The van der Waals surface area contributed by atoms with E-state index in [0.717, 1.165) is 5.56 Å². The van der Waals surface area contributed by atoms with Crippen LogP contribution in [0.25, 0.3) is 0 Å². The first kappa shape index (κ1) is 18.6. The third kappa shape index (κ3) is 2.91. The maximum Gasteiger partial charge on any atom is 0.263 e. The molecule has 1 aromatic carbocycles. The van der Waals surface area contributed by atoms with Gasteiger partial charge in [0.2, 0.25) is 10.0 Å². The number of thiophene rings is 1. The zero-order valence-corrected chi connectivity index (χ0v) is 17.1. The average Bonchev–Trinajstić information content (AvgIpc) is 3.34. The summed E-state index contributed by atoms with van der Waals surface area (Å²) in [6.07, 6.45) is 0.619. The van der Waals surface area contributed by atoms with Crippen LogP contribution in [0.2, 0.25) is 0 Å². The Bertz CT molecular complexity index is 956. The normalized spacial score (nSPS) is 24.0. The van der Waals surface area contributed by atoms with E-state index in [0.29, 0.717) is 42.4 Å². The summed E-state index contributed by atoms with van der Waals surface area (Å²) < 4.78 is 28.2. The van der Waals surface area contributed by atoms with Crippen LogP contribution < -0.4 is 0 Å². The molecule has 27 heavy (non-hydrogen) atoms. The molecule has 4 rings (SSSR count). The molecule has 1 spiro atoms. The Morgan fingerprint density at radius 3 is 2.70 bits per heavy atom. The Labute approximate surface area is 164 Å². The summed E-state index contributed by atoms with van der Waals surface area (Å²) in [7, 11) is 0.303. The molecule has 1 aromatic heterocycles. The van der Waals surface area contributed by atoms with Crippen molar-refractivity contribution in [2.45, 2.75) is 16.9 Å².